The predicted molar refractivity (Wildman–Crippen MR) is 61.1 cm³/mol. The van der Waals surface area contributed by atoms with Gasteiger partial charge in [-0.05, 0) is 20.8 Å². The quantitative estimate of drug-likeness (QED) is 0.786. The number of hydrogen-bond donors (Lipinski definition) is 1. The van der Waals surface area contributed by atoms with E-state index in [9.17, 15) is 9.59 Å². The Balaban J connectivity index is 2.74. The standard InChI is InChI=1S/C11H19NO6/c1-11(2,3)18-10(15)12-5-7(9(13)14)17-6-8(12)16-4/h7-8H,5-6H2,1-4H3,(H,13,14). The molecule has 1 aliphatic rings. The zero-order valence-electron chi connectivity index (χ0n) is 11.0. The second kappa shape index (κ2) is 5.53. The van der Waals surface area contributed by atoms with Gasteiger partial charge in [-0.2, -0.15) is 0 Å². The Morgan fingerprint density at radius 2 is 2.00 bits per heavy atom. The molecule has 0 saturated carbocycles. The second-order valence-corrected chi connectivity index (χ2v) is 4.98. The molecule has 0 aromatic heterocycles. The first-order chi connectivity index (χ1) is 8.24. The van der Waals surface area contributed by atoms with E-state index in [1.165, 1.54) is 12.0 Å². The van der Waals surface area contributed by atoms with Crippen LogP contribution in [0.4, 0.5) is 4.79 Å². The average molecular weight is 261 g/mol. The highest BCUT2D eigenvalue weighted by Crippen LogP contribution is 2.17. The summed E-state index contributed by atoms with van der Waals surface area (Å²) in [6.45, 7) is 5.13. The summed E-state index contributed by atoms with van der Waals surface area (Å²) < 4.78 is 15.3. The van der Waals surface area contributed by atoms with Gasteiger partial charge >= 0.3 is 12.1 Å². The molecule has 1 fully saturated rings. The number of nitrogens with zero attached hydrogens (tertiary/aromatic N) is 1. The van der Waals surface area contributed by atoms with Gasteiger partial charge in [0.2, 0.25) is 0 Å². The lowest BCUT2D eigenvalue weighted by Crippen LogP contribution is -2.56. The van der Waals surface area contributed by atoms with Crippen molar-refractivity contribution >= 4 is 12.1 Å². The third kappa shape index (κ3) is 3.85. The summed E-state index contributed by atoms with van der Waals surface area (Å²) in [5, 5.41) is 8.88. The predicted octanol–water partition coefficient (Wildman–Crippen LogP) is 0.679. The number of carboxylic acid groups (broad SMARTS) is 1. The molecule has 0 spiro atoms. The van der Waals surface area contributed by atoms with Crippen molar-refractivity contribution in [2.75, 3.05) is 20.3 Å². The minimum absolute atomic E-state index is 0.00666. The van der Waals surface area contributed by atoms with Crippen molar-refractivity contribution in [2.45, 2.75) is 38.7 Å². The van der Waals surface area contributed by atoms with Crippen LogP contribution < -0.4 is 0 Å². The molecular weight excluding hydrogens is 242 g/mol. The highest BCUT2D eigenvalue weighted by molar-refractivity contribution is 5.75. The van der Waals surface area contributed by atoms with Gasteiger partial charge in [0.05, 0.1) is 13.2 Å². The molecule has 0 radical (unpaired) electrons. The van der Waals surface area contributed by atoms with E-state index < -0.39 is 30.0 Å². The summed E-state index contributed by atoms with van der Waals surface area (Å²) in [6.07, 6.45) is -2.29. The largest absolute Gasteiger partial charge is 0.479 e. The van der Waals surface area contributed by atoms with Gasteiger partial charge < -0.3 is 19.3 Å². The SMILES string of the molecule is COC1COC(C(=O)O)CN1C(=O)OC(C)(C)C. The summed E-state index contributed by atoms with van der Waals surface area (Å²) in [4.78, 5) is 24.0. The van der Waals surface area contributed by atoms with Crippen molar-refractivity contribution in [2.24, 2.45) is 0 Å². The fraction of sp³-hybridized carbons (Fsp3) is 0.818. The maximum atomic E-state index is 11.9. The van der Waals surface area contributed by atoms with E-state index in [2.05, 4.69) is 0 Å². The highest BCUT2D eigenvalue weighted by Gasteiger charge is 2.37. The number of methoxy groups -OCH3 is 1. The third-order valence-corrected chi connectivity index (χ3v) is 2.33. The van der Waals surface area contributed by atoms with Crippen molar-refractivity contribution in [3.05, 3.63) is 0 Å². The number of carbonyl (C=O) groups excluding carboxylic acids is 1. The minimum atomic E-state index is -1.11. The molecule has 1 saturated heterocycles. The molecule has 0 aromatic rings. The number of morpholine rings is 1. The summed E-state index contributed by atoms with van der Waals surface area (Å²) in [6, 6.07) is 0. The molecule has 1 rings (SSSR count). The van der Waals surface area contributed by atoms with E-state index in [0.717, 1.165) is 0 Å². The fourth-order valence-corrected chi connectivity index (χ4v) is 1.49. The van der Waals surface area contributed by atoms with Crippen molar-refractivity contribution in [3.8, 4) is 0 Å². The van der Waals surface area contributed by atoms with Crippen molar-refractivity contribution < 1.29 is 28.9 Å². The lowest BCUT2D eigenvalue weighted by molar-refractivity contribution is -0.176. The minimum Gasteiger partial charge on any atom is -0.479 e. The Morgan fingerprint density at radius 1 is 1.39 bits per heavy atom. The van der Waals surface area contributed by atoms with E-state index in [4.69, 9.17) is 19.3 Å². The number of carboxylic acids is 1. The number of ether oxygens (including phenoxy) is 3. The van der Waals surface area contributed by atoms with Gasteiger partial charge in [-0.15, -0.1) is 0 Å². The molecular formula is C11H19NO6. The number of hydrogen-bond acceptors (Lipinski definition) is 5. The van der Waals surface area contributed by atoms with Crippen LogP contribution in [-0.2, 0) is 19.0 Å². The van der Waals surface area contributed by atoms with Crippen LogP contribution in [0.2, 0.25) is 0 Å². The zero-order valence-corrected chi connectivity index (χ0v) is 11.0. The van der Waals surface area contributed by atoms with Crippen LogP contribution in [-0.4, -0.2) is 60.3 Å². The Labute approximate surface area is 106 Å². The lowest BCUT2D eigenvalue weighted by atomic mass is 10.2. The van der Waals surface area contributed by atoms with Gasteiger partial charge in [0.25, 0.3) is 0 Å². The molecule has 0 aromatic carbocycles. The molecule has 0 bridgehead atoms. The molecule has 0 aliphatic carbocycles. The molecule has 2 unspecified atom stereocenters. The van der Waals surface area contributed by atoms with Crippen LogP contribution in [0.1, 0.15) is 20.8 Å². The second-order valence-electron chi connectivity index (χ2n) is 4.98. The number of amides is 1. The number of rotatable bonds is 2. The summed E-state index contributed by atoms with van der Waals surface area (Å²) in [7, 11) is 1.42. The van der Waals surface area contributed by atoms with Gasteiger partial charge in [-0.1, -0.05) is 0 Å². The molecule has 2 atom stereocenters. The van der Waals surface area contributed by atoms with Crippen LogP contribution in [0.15, 0.2) is 0 Å². The Morgan fingerprint density at radius 3 is 2.44 bits per heavy atom. The van der Waals surface area contributed by atoms with E-state index in [-0.39, 0.29) is 13.2 Å². The maximum Gasteiger partial charge on any atom is 0.412 e. The molecule has 104 valence electrons. The molecule has 1 aliphatic heterocycles. The van der Waals surface area contributed by atoms with Gasteiger partial charge in [-0.25, -0.2) is 9.59 Å². The number of aliphatic carboxylic acids is 1. The average Bonchev–Trinajstić information content (AvgIpc) is 2.25. The Bertz CT molecular complexity index is 324. The lowest BCUT2D eigenvalue weighted by Gasteiger charge is -2.37. The molecule has 1 amide bonds. The molecule has 1 N–H and O–H groups in total. The molecule has 1 heterocycles. The van der Waals surface area contributed by atoms with E-state index in [1.807, 2.05) is 0 Å². The summed E-state index contributed by atoms with van der Waals surface area (Å²) in [5.41, 5.74) is -0.646. The summed E-state index contributed by atoms with van der Waals surface area (Å²) >= 11 is 0. The van der Waals surface area contributed by atoms with E-state index in [1.54, 1.807) is 20.8 Å². The van der Waals surface area contributed by atoms with Gasteiger partial charge in [-0.3, -0.25) is 4.90 Å². The Hall–Kier alpha value is -1.34. The highest BCUT2D eigenvalue weighted by atomic mass is 16.6. The number of carbonyl (C=O) groups is 2. The summed E-state index contributed by atoms with van der Waals surface area (Å²) in [5.74, 6) is -1.11. The zero-order chi connectivity index (χ0) is 13.9. The molecule has 7 heteroatoms. The fourth-order valence-electron chi connectivity index (χ4n) is 1.49. The van der Waals surface area contributed by atoms with Crippen LogP contribution in [0.5, 0.6) is 0 Å². The van der Waals surface area contributed by atoms with Gasteiger partial charge in [0, 0.05) is 7.11 Å². The van der Waals surface area contributed by atoms with Gasteiger partial charge in [0.1, 0.15) is 5.60 Å². The van der Waals surface area contributed by atoms with Crippen LogP contribution in [0.25, 0.3) is 0 Å². The topological polar surface area (TPSA) is 85.3 Å². The molecule has 7 nitrogen and oxygen atoms in total. The smallest absolute Gasteiger partial charge is 0.412 e. The monoisotopic (exact) mass is 261 g/mol. The first-order valence-corrected chi connectivity index (χ1v) is 5.61. The maximum absolute atomic E-state index is 11.9. The van der Waals surface area contributed by atoms with Crippen molar-refractivity contribution in [1.82, 2.24) is 4.90 Å². The first-order valence-electron chi connectivity index (χ1n) is 5.61. The van der Waals surface area contributed by atoms with E-state index >= 15 is 0 Å². The van der Waals surface area contributed by atoms with Crippen LogP contribution >= 0.6 is 0 Å². The normalized spacial score (nSPS) is 24.8. The van der Waals surface area contributed by atoms with Crippen molar-refractivity contribution in [3.63, 3.8) is 0 Å². The molecule has 18 heavy (non-hydrogen) atoms. The van der Waals surface area contributed by atoms with E-state index in [0.29, 0.717) is 0 Å². The van der Waals surface area contributed by atoms with Gasteiger partial charge in [0.15, 0.2) is 12.3 Å². The first kappa shape index (κ1) is 14.7. The third-order valence-electron chi connectivity index (χ3n) is 2.33. The van der Waals surface area contributed by atoms with Crippen molar-refractivity contribution in [1.29, 1.82) is 0 Å². The Kier molecular flexibility index (Phi) is 4.53. The van der Waals surface area contributed by atoms with Crippen LogP contribution in [0.3, 0.4) is 0 Å². The van der Waals surface area contributed by atoms with Crippen LogP contribution in [0, 0.1) is 0 Å².